The zero-order valence-electron chi connectivity index (χ0n) is 11.4. The minimum atomic E-state index is -3.36. The molecule has 0 aliphatic carbocycles. The van der Waals surface area contributed by atoms with Gasteiger partial charge in [-0.2, -0.15) is 0 Å². The first-order valence-corrected chi connectivity index (χ1v) is 23.7. The van der Waals surface area contributed by atoms with Crippen LogP contribution in [0.1, 0.15) is 0 Å². The van der Waals surface area contributed by atoms with E-state index in [1.807, 2.05) is 24.3 Å². The minimum absolute atomic E-state index is 0.593. The van der Waals surface area contributed by atoms with E-state index < -0.39 is 10.8 Å². The van der Waals surface area contributed by atoms with E-state index >= 15 is 0 Å². The van der Waals surface area contributed by atoms with E-state index in [9.17, 15) is 0 Å². The Morgan fingerprint density at radius 3 is 1.04 bits per heavy atom. The number of halogens is 6. The van der Waals surface area contributed by atoms with Crippen LogP contribution in [0.5, 0.6) is 0 Å². The average Bonchev–Trinajstić information content (AvgIpc) is 2.48. The van der Waals surface area contributed by atoms with E-state index in [0.717, 1.165) is 7.14 Å². The molecule has 0 bridgehead atoms. The molecule has 0 heterocycles. The Balaban J connectivity index is 0.000000332. The van der Waals surface area contributed by atoms with Gasteiger partial charge in [0, 0.05) is 31.4 Å². The summed E-state index contributed by atoms with van der Waals surface area (Å²) in [5.74, 6) is 0. The molecule has 0 aliphatic heterocycles. The van der Waals surface area contributed by atoms with Crippen LogP contribution >= 0.6 is 83.9 Å². The standard InChI is InChI=1S/2C6H4IN2.4ClH.Zn/c2*7-5-1-3-6(9-8)4-2-5;;;;;/h2*1-4H;4*1H;/q2*+1;;;;;+2/p-4. The maximum atomic E-state index is 8.25. The molecule has 0 spiro atoms. The van der Waals surface area contributed by atoms with E-state index in [1.165, 1.54) is 0 Å². The summed E-state index contributed by atoms with van der Waals surface area (Å²) in [7, 11) is 16.8. The summed E-state index contributed by atoms with van der Waals surface area (Å²) < 4.78 is 2.28. The first kappa shape index (κ1) is 23.5. The van der Waals surface area contributed by atoms with Crippen molar-refractivity contribution in [1.29, 1.82) is 10.8 Å². The fourth-order valence-electron chi connectivity index (χ4n) is 1.02. The van der Waals surface area contributed by atoms with Crippen LogP contribution in [0.15, 0.2) is 48.5 Å². The zero-order valence-corrected chi connectivity index (χ0v) is 21.7. The molecular formula is C12H8Cl4I2N4Zn. The SMILES string of the molecule is N#[N+]c1ccc(I)cc1.N#[N+]c1ccc(I)cc1.[Cl][Zn-2]([Cl])([Cl])[Cl]. The van der Waals surface area contributed by atoms with Crippen molar-refractivity contribution in [2.75, 3.05) is 0 Å². The number of hydrogen-bond acceptors (Lipinski definition) is 2. The van der Waals surface area contributed by atoms with Gasteiger partial charge in [0.2, 0.25) is 10.8 Å². The molecule has 0 N–H and O–H groups in total. The Kier molecular flexibility index (Phi) is 13.1. The van der Waals surface area contributed by atoms with E-state index in [-0.39, 0.29) is 0 Å². The summed E-state index contributed by atoms with van der Waals surface area (Å²) in [6.45, 7) is 0. The van der Waals surface area contributed by atoms with Crippen LogP contribution in [0.2, 0.25) is 0 Å². The molecule has 0 aromatic heterocycles. The van der Waals surface area contributed by atoms with Crippen LogP contribution < -0.4 is 0 Å². The molecule has 0 saturated heterocycles. The summed E-state index contributed by atoms with van der Waals surface area (Å²) >= 11 is 4.38. The predicted octanol–water partition coefficient (Wildman–Crippen LogP) is 8.31. The topological polar surface area (TPSA) is 56.3 Å². The Morgan fingerprint density at radius 1 is 0.652 bits per heavy atom. The van der Waals surface area contributed by atoms with Crippen molar-refractivity contribution in [1.82, 2.24) is 0 Å². The van der Waals surface area contributed by atoms with Crippen LogP contribution in [-0.4, -0.2) is 0 Å². The molecule has 4 nitrogen and oxygen atoms in total. The van der Waals surface area contributed by atoms with Gasteiger partial charge >= 0.3 is 61.0 Å². The van der Waals surface area contributed by atoms with Crippen molar-refractivity contribution in [3.8, 4) is 0 Å². The van der Waals surface area contributed by atoms with E-state index in [2.05, 4.69) is 55.1 Å². The maximum absolute atomic E-state index is 8.25. The molecule has 0 unspecified atom stereocenters. The number of diazo groups is 2. The van der Waals surface area contributed by atoms with Gasteiger partial charge in [-0.25, -0.2) is 0 Å². The molecule has 23 heavy (non-hydrogen) atoms. The van der Waals surface area contributed by atoms with Crippen molar-refractivity contribution >= 4 is 95.3 Å². The van der Waals surface area contributed by atoms with Crippen molar-refractivity contribution < 1.29 is 10.8 Å². The number of nitrogens with zero attached hydrogens (tertiary/aromatic N) is 4. The summed E-state index contributed by atoms with van der Waals surface area (Å²) in [6.07, 6.45) is 0. The van der Waals surface area contributed by atoms with Crippen LogP contribution in [0.4, 0.5) is 11.4 Å². The third-order valence-electron chi connectivity index (χ3n) is 1.88. The Hall–Kier alpha value is 0.523. The number of hydrogen-bond donors (Lipinski definition) is 0. The molecule has 2 aromatic rings. The second-order valence-corrected chi connectivity index (χ2v) is 34.0. The fraction of sp³-hybridized carbons (Fsp3) is 0. The van der Waals surface area contributed by atoms with Crippen molar-refractivity contribution in [3.63, 3.8) is 0 Å². The van der Waals surface area contributed by atoms with Crippen molar-refractivity contribution in [3.05, 3.63) is 65.6 Å². The fourth-order valence-corrected chi connectivity index (χ4v) is 1.73. The average molecular weight is 669 g/mol. The molecule has 0 saturated carbocycles. The molecule has 0 radical (unpaired) electrons. The molecule has 2 aromatic carbocycles. The van der Waals surface area contributed by atoms with Gasteiger partial charge < -0.3 is 0 Å². The first-order chi connectivity index (χ1) is 10.7. The summed E-state index contributed by atoms with van der Waals surface area (Å²) in [4.78, 5) is 6.02. The van der Waals surface area contributed by atoms with Crippen molar-refractivity contribution in [2.24, 2.45) is 0 Å². The third-order valence-corrected chi connectivity index (χ3v) is 3.32. The molecule has 0 amide bonds. The van der Waals surface area contributed by atoms with Gasteiger partial charge in [0.1, 0.15) is 0 Å². The zero-order chi connectivity index (χ0) is 17.9. The molecule has 0 aliphatic rings. The van der Waals surface area contributed by atoms with Crippen LogP contribution in [-0.2, 0) is 10.8 Å². The molecule has 0 atom stereocenters. The number of benzene rings is 2. The van der Waals surface area contributed by atoms with Gasteiger partial charge in [-0.3, -0.25) is 0 Å². The second-order valence-electron chi connectivity index (χ2n) is 3.76. The van der Waals surface area contributed by atoms with Crippen LogP contribution in [0.25, 0.3) is 9.95 Å². The molecule has 2 rings (SSSR count). The summed E-state index contributed by atoms with van der Waals surface area (Å²) in [5, 5.41) is 16.5. The second kappa shape index (κ2) is 12.8. The molecular weight excluding hydrogens is 661 g/mol. The van der Waals surface area contributed by atoms with Gasteiger partial charge in [0.15, 0.2) is 9.95 Å². The van der Waals surface area contributed by atoms with Gasteiger partial charge in [0.25, 0.3) is 0 Å². The molecule has 0 fully saturated rings. The van der Waals surface area contributed by atoms with Crippen LogP contribution in [0, 0.1) is 17.9 Å². The van der Waals surface area contributed by atoms with Crippen molar-refractivity contribution in [2.45, 2.75) is 0 Å². The summed E-state index contributed by atoms with van der Waals surface area (Å²) in [5.41, 5.74) is 1.19. The van der Waals surface area contributed by atoms with Gasteiger partial charge in [-0.1, -0.05) is 0 Å². The third kappa shape index (κ3) is 15.8. The van der Waals surface area contributed by atoms with Gasteiger partial charge in [0.05, 0.1) is 0 Å². The van der Waals surface area contributed by atoms with E-state index in [1.54, 1.807) is 24.3 Å². The Morgan fingerprint density at radius 2 is 0.870 bits per heavy atom. The predicted molar refractivity (Wildman–Crippen MR) is 111 cm³/mol. The van der Waals surface area contributed by atoms with Gasteiger partial charge in [-0.15, -0.1) is 0 Å². The Bertz CT molecular complexity index is 617. The Labute approximate surface area is 180 Å². The van der Waals surface area contributed by atoms with Crippen LogP contribution in [0.3, 0.4) is 0 Å². The van der Waals surface area contributed by atoms with E-state index in [4.69, 9.17) is 49.5 Å². The van der Waals surface area contributed by atoms with Gasteiger partial charge in [-0.05, 0) is 69.4 Å². The summed E-state index contributed by atoms with van der Waals surface area (Å²) in [6, 6.07) is 14.5. The quantitative estimate of drug-likeness (QED) is 0.161. The monoisotopic (exact) mass is 666 g/mol. The number of rotatable bonds is 0. The molecule has 11 heteroatoms. The van der Waals surface area contributed by atoms with E-state index in [0.29, 0.717) is 11.4 Å². The normalized spacial score (nSPS) is 9.22. The molecule has 120 valence electrons. The first-order valence-electron chi connectivity index (χ1n) is 5.94.